The van der Waals surface area contributed by atoms with Crippen LogP contribution in [0.4, 0.5) is 0 Å². The number of aliphatic hydroxyl groups excluding tert-OH is 1. The highest BCUT2D eigenvalue weighted by molar-refractivity contribution is 5.36. The molecule has 1 unspecified atom stereocenters. The summed E-state index contributed by atoms with van der Waals surface area (Å²) in [4.78, 5) is 0. The smallest absolute Gasteiger partial charge is 0.123 e. The van der Waals surface area contributed by atoms with Crippen molar-refractivity contribution in [3.63, 3.8) is 0 Å². The van der Waals surface area contributed by atoms with Gasteiger partial charge in [0.2, 0.25) is 0 Å². The lowest BCUT2D eigenvalue weighted by Gasteiger charge is -2.25. The summed E-state index contributed by atoms with van der Waals surface area (Å²) in [7, 11) is 1.69. The zero-order valence-electron chi connectivity index (χ0n) is 12.6. The van der Waals surface area contributed by atoms with Crippen LogP contribution in [0.5, 0.6) is 5.75 Å². The van der Waals surface area contributed by atoms with Crippen molar-refractivity contribution in [3.05, 3.63) is 65.7 Å². The second kappa shape index (κ2) is 7.81. The average molecular weight is 285 g/mol. The molecule has 0 aromatic heterocycles. The Bertz CT molecular complexity index is 542. The molecule has 3 nitrogen and oxygen atoms in total. The average Bonchev–Trinajstić information content (AvgIpc) is 2.57. The van der Waals surface area contributed by atoms with E-state index in [9.17, 15) is 5.11 Å². The summed E-state index contributed by atoms with van der Waals surface area (Å²) in [5.41, 5.74) is 2.21. The summed E-state index contributed by atoms with van der Waals surface area (Å²) in [6, 6.07) is 18.1. The molecule has 0 bridgehead atoms. The van der Waals surface area contributed by atoms with E-state index in [1.54, 1.807) is 7.11 Å². The van der Waals surface area contributed by atoms with E-state index in [1.807, 2.05) is 48.5 Å². The number of aliphatic hydroxyl groups is 1. The Morgan fingerprint density at radius 1 is 1.00 bits per heavy atom. The van der Waals surface area contributed by atoms with Crippen LogP contribution >= 0.6 is 0 Å². The molecule has 0 aliphatic carbocycles. The van der Waals surface area contributed by atoms with Crippen LogP contribution in [0, 0.1) is 0 Å². The topological polar surface area (TPSA) is 41.5 Å². The van der Waals surface area contributed by atoms with Gasteiger partial charge in [0.15, 0.2) is 0 Å². The highest BCUT2D eigenvalue weighted by Crippen LogP contribution is 2.29. The van der Waals surface area contributed by atoms with Gasteiger partial charge in [0.25, 0.3) is 0 Å². The normalized spacial score (nSPS) is 13.7. The highest BCUT2D eigenvalue weighted by atomic mass is 16.5. The van der Waals surface area contributed by atoms with Crippen molar-refractivity contribution >= 4 is 0 Å². The maximum absolute atomic E-state index is 9.70. The third-order valence-corrected chi connectivity index (χ3v) is 3.71. The van der Waals surface area contributed by atoms with Gasteiger partial charge in [-0.1, -0.05) is 55.5 Å². The van der Waals surface area contributed by atoms with Crippen LogP contribution in [-0.4, -0.2) is 18.8 Å². The summed E-state index contributed by atoms with van der Waals surface area (Å²) in [5.74, 6) is 0.876. The fourth-order valence-electron chi connectivity index (χ4n) is 2.56. The summed E-state index contributed by atoms with van der Waals surface area (Å²) < 4.78 is 5.45. The number of hydrogen-bond acceptors (Lipinski definition) is 3. The molecule has 2 aromatic carbocycles. The Morgan fingerprint density at radius 2 is 1.67 bits per heavy atom. The van der Waals surface area contributed by atoms with Gasteiger partial charge in [0.1, 0.15) is 5.75 Å². The van der Waals surface area contributed by atoms with Crippen LogP contribution in [-0.2, 0) is 0 Å². The van der Waals surface area contributed by atoms with Gasteiger partial charge in [0, 0.05) is 11.6 Å². The zero-order valence-corrected chi connectivity index (χ0v) is 12.6. The lowest BCUT2D eigenvalue weighted by molar-refractivity contribution is 0.230. The third-order valence-electron chi connectivity index (χ3n) is 3.71. The van der Waals surface area contributed by atoms with E-state index in [0.29, 0.717) is 0 Å². The molecule has 0 aliphatic heterocycles. The molecule has 2 atom stereocenters. The quantitative estimate of drug-likeness (QED) is 0.818. The van der Waals surface area contributed by atoms with E-state index < -0.39 is 0 Å². The summed E-state index contributed by atoms with van der Waals surface area (Å²) in [6.07, 6.45) is 0.920. The molecular weight excluding hydrogens is 262 g/mol. The van der Waals surface area contributed by atoms with Crippen LogP contribution in [0.15, 0.2) is 54.6 Å². The minimum Gasteiger partial charge on any atom is -0.496 e. The number of rotatable bonds is 7. The van der Waals surface area contributed by atoms with Crippen molar-refractivity contribution in [2.24, 2.45) is 0 Å². The molecule has 0 aliphatic rings. The lowest BCUT2D eigenvalue weighted by atomic mass is 10.00. The molecule has 0 amide bonds. The van der Waals surface area contributed by atoms with Gasteiger partial charge in [-0.05, 0) is 18.1 Å². The maximum Gasteiger partial charge on any atom is 0.123 e. The van der Waals surface area contributed by atoms with Gasteiger partial charge in [-0.15, -0.1) is 0 Å². The standard InChI is InChI=1S/C18H23NO2/c1-3-16(15-11-7-8-12-18(15)21-2)19-17(13-20)14-9-5-4-6-10-14/h4-12,16-17,19-20H,3,13H2,1-2H3/t16?,17-/m1/s1. The Labute approximate surface area is 126 Å². The minimum absolute atomic E-state index is 0.0651. The van der Waals surface area contributed by atoms with Crippen LogP contribution in [0.25, 0.3) is 0 Å². The molecule has 21 heavy (non-hydrogen) atoms. The van der Waals surface area contributed by atoms with Crippen molar-refractivity contribution in [1.82, 2.24) is 5.32 Å². The molecule has 0 saturated heterocycles. The molecule has 0 spiro atoms. The van der Waals surface area contributed by atoms with Gasteiger partial charge in [-0.25, -0.2) is 0 Å². The molecule has 3 heteroatoms. The molecule has 112 valence electrons. The Hall–Kier alpha value is -1.84. The van der Waals surface area contributed by atoms with Crippen LogP contribution in [0.3, 0.4) is 0 Å². The Morgan fingerprint density at radius 3 is 2.29 bits per heavy atom. The second-order valence-electron chi connectivity index (χ2n) is 5.02. The summed E-state index contributed by atoms with van der Waals surface area (Å²) in [6.45, 7) is 2.19. The Balaban J connectivity index is 2.21. The number of para-hydroxylation sites is 1. The fraction of sp³-hybridized carbons (Fsp3) is 0.333. The first kappa shape index (κ1) is 15.5. The third kappa shape index (κ3) is 3.84. The molecule has 2 rings (SSSR count). The van der Waals surface area contributed by atoms with Crippen molar-refractivity contribution in [2.75, 3.05) is 13.7 Å². The first-order valence-corrected chi connectivity index (χ1v) is 7.34. The van der Waals surface area contributed by atoms with E-state index in [-0.39, 0.29) is 18.7 Å². The lowest BCUT2D eigenvalue weighted by Crippen LogP contribution is -2.28. The van der Waals surface area contributed by atoms with Gasteiger partial charge >= 0.3 is 0 Å². The first-order chi connectivity index (χ1) is 10.3. The largest absolute Gasteiger partial charge is 0.496 e. The van der Waals surface area contributed by atoms with Crippen LogP contribution in [0.2, 0.25) is 0 Å². The minimum atomic E-state index is -0.0823. The van der Waals surface area contributed by atoms with Crippen molar-refractivity contribution in [1.29, 1.82) is 0 Å². The van der Waals surface area contributed by atoms with E-state index >= 15 is 0 Å². The number of nitrogens with one attached hydrogen (secondary N) is 1. The summed E-state index contributed by atoms with van der Waals surface area (Å²) in [5, 5.41) is 13.2. The monoisotopic (exact) mass is 285 g/mol. The van der Waals surface area contributed by atoms with Crippen molar-refractivity contribution in [3.8, 4) is 5.75 Å². The zero-order chi connectivity index (χ0) is 15.1. The molecule has 2 aromatic rings. The maximum atomic E-state index is 9.70. The fourth-order valence-corrected chi connectivity index (χ4v) is 2.56. The molecule has 0 fully saturated rings. The molecule has 2 N–H and O–H groups in total. The van der Waals surface area contributed by atoms with Crippen molar-refractivity contribution in [2.45, 2.75) is 25.4 Å². The molecule has 0 saturated carbocycles. The van der Waals surface area contributed by atoms with Crippen LogP contribution in [0.1, 0.15) is 36.6 Å². The highest BCUT2D eigenvalue weighted by Gasteiger charge is 2.19. The number of benzene rings is 2. The van der Waals surface area contributed by atoms with Crippen LogP contribution < -0.4 is 10.1 Å². The van der Waals surface area contributed by atoms with E-state index in [4.69, 9.17) is 4.74 Å². The number of methoxy groups -OCH3 is 1. The van der Waals surface area contributed by atoms with Gasteiger partial charge in [0.05, 0.1) is 19.8 Å². The first-order valence-electron chi connectivity index (χ1n) is 7.34. The molecule has 0 radical (unpaired) electrons. The number of hydrogen-bond donors (Lipinski definition) is 2. The SMILES string of the molecule is CCC(N[C@H](CO)c1ccccc1)c1ccccc1OC. The molecular formula is C18H23NO2. The van der Waals surface area contributed by atoms with E-state index in [0.717, 1.165) is 23.3 Å². The van der Waals surface area contributed by atoms with Gasteiger partial charge in [-0.2, -0.15) is 0 Å². The van der Waals surface area contributed by atoms with E-state index in [2.05, 4.69) is 18.3 Å². The van der Waals surface area contributed by atoms with Crippen molar-refractivity contribution < 1.29 is 9.84 Å². The predicted molar refractivity (Wildman–Crippen MR) is 85.4 cm³/mol. The predicted octanol–water partition coefficient (Wildman–Crippen LogP) is 3.47. The molecule has 0 heterocycles. The van der Waals surface area contributed by atoms with E-state index in [1.165, 1.54) is 0 Å². The van der Waals surface area contributed by atoms with Gasteiger partial charge < -0.3 is 15.2 Å². The van der Waals surface area contributed by atoms with Gasteiger partial charge in [-0.3, -0.25) is 0 Å². The number of ether oxygens (including phenoxy) is 1. The summed E-state index contributed by atoms with van der Waals surface area (Å²) >= 11 is 0. The Kier molecular flexibility index (Phi) is 5.78. The second-order valence-corrected chi connectivity index (χ2v) is 5.02.